The van der Waals surface area contributed by atoms with Crippen molar-refractivity contribution in [3.63, 3.8) is 0 Å². The molecule has 0 aromatic heterocycles. The van der Waals surface area contributed by atoms with Crippen LogP contribution in [0, 0.1) is 11.3 Å². The summed E-state index contributed by atoms with van der Waals surface area (Å²) < 4.78 is 0. The first-order chi connectivity index (χ1) is 9.14. The monoisotopic (exact) mass is 266 g/mol. The molecule has 1 aliphatic heterocycles. The minimum atomic E-state index is -0.182. The van der Waals surface area contributed by atoms with E-state index in [0.717, 1.165) is 31.8 Å². The van der Waals surface area contributed by atoms with E-state index in [1.807, 2.05) is 0 Å². The van der Waals surface area contributed by atoms with Crippen molar-refractivity contribution in [2.24, 2.45) is 11.3 Å². The Kier molecular flexibility index (Phi) is 5.26. The van der Waals surface area contributed by atoms with Gasteiger partial charge in [-0.1, -0.05) is 19.8 Å². The third-order valence-corrected chi connectivity index (χ3v) is 5.02. The van der Waals surface area contributed by atoms with Gasteiger partial charge in [-0.05, 0) is 57.9 Å². The molecule has 1 saturated carbocycles. The van der Waals surface area contributed by atoms with Gasteiger partial charge < -0.3 is 10.6 Å². The number of hydrogen-bond donors (Lipinski definition) is 2. The lowest BCUT2D eigenvalue weighted by molar-refractivity contribution is -0.132. The van der Waals surface area contributed by atoms with Crippen LogP contribution < -0.4 is 10.6 Å². The highest BCUT2D eigenvalue weighted by Crippen LogP contribution is 2.30. The molecule has 3 nitrogen and oxygen atoms in total. The number of amides is 1. The third kappa shape index (κ3) is 3.95. The molecule has 2 aliphatic rings. The van der Waals surface area contributed by atoms with Crippen molar-refractivity contribution in [2.45, 2.75) is 71.3 Å². The Bertz CT molecular complexity index is 289. The van der Waals surface area contributed by atoms with Crippen molar-refractivity contribution < 1.29 is 4.79 Å². The lowest BCUT2D eigenvalue weighted by Crippen LogP contribution is -2.51. The fraction of sp³-hybridized carbons (Fsp3) is 0.938. The van der Waals surface area contributed by atoms with E-state index in [1.165, 1.54) is 38.5 Å². The fourth-order valence-electron chi connectivity index (χ4n) is 3.61. The van der Waals surface area contributed by atoms with Crippen LogP contribution >= 0.6 is 0 Å². The largest absolute Gasteiger partial charge is 0.353 e. The average molecular weight is 266 g/mol. The normalized spacial score (nSPS) is 35.9. The molecule has 19 heavy (non-hydrogen) atoms. The minimum absolute atomic E-state index is 0.182. The SMILES string of the molecule is CCCC1CCC(NC(=O)C2(C)CCCNC2)CC1. The second kappa shape index (κ2) is 6.74. The number of hydrogen-bond acceptors (Lipinski definition) is 2. The summed E-state index contributed by atoms with van der Waals surface area (Å²) in [5.41, 5.74) is -0.182. The van der Waals surface area contributed by atoms with Crippen LogP contribution in [0.4, 0.5) is 0 Å². The van der Waals surface area contributed by atoms with Gasteiger partial charge in [0.1, 0.15) is 0 Å². The molecule has 1 amide bonds. The topological polar surface area (TPSA) is 41.1 Å². The van der Waals surface area contributed by atoms with Gasteiger partial charge in [-0.25, -0.2) is 0 Å². The maximum Gasteiger partial charge on any atom is 0.227 e. The Morgan fingerprint density at radius 1 is 1.32 bits per heavy atom. The molecule has 0 aromatic carbocycles. The Morgan fingerprint density at radius 3 is 2.63 bits per heavy atom. The summed E-state index contributed by atoms with van der Waals surface area (Å²) in [6, 6.07) is 0.430. The molecular formula is C16H30N2O. The van der Waals surface area contributed by atoms with Gasteiger partial charge in [0.2, 0.25) is 5.91 Å². The second-order valence-corrected chi connectivity index (χ2v) is 6.82. The zero-order valence-corrected chi connectivity index (χ0v) is 12.6. The Hall–Kier alpha value is -0.570. The lowest BCUT2D eigenvalue weighted by atomic mass is 9.80. The summed E-state index contributed by atoms with van der Waals surface area (Å²) in [6.07, 6.45) is 9.76. The van der Waals surface area contributed by atoms with Gasteiger partial charge in [-0.15, -0.1) is 0 Å². The molecule has 1 unspecified atom stereocenters. The molecule has 2 N–H and O–H groups in total. The first kappa shape index (κ1) is 14.8. The Morgan fingerprint density at radius 2 is 2.05 bits per heavy atom. The van der Waals surface area contributed by atoms with Crippen LogP contribution in [0.1, 0.15) is 65.2 Å². The lowest BCUT2D eigenvalue weighted by Gasteiger charge is -2.36. The van der Waals surface area contributed by atoms with Gasteiger partial charge in [-0.3, -0.25) is 4.79 Å². The van der Waals surface area contributed by atoms with Gasteiger partial charge in [0, 0.05) is 12.6 Å². The van der Waals surface area contributed by atoms with E-state index in [-0.39, 0.29) is 11.3 Å². The first-order valence-corrected chi connectivity index (χ1v) is 8.16. The molecule has 2 rings (SSSR count). The standard InChI is InChI=1S/C16H30N2O/c1-3-5-13-6-8-14(9-7-13)18-15(19)16(2)10-4-11-17-12-16/h13-14,17H,3-12H2,1-2H3,(H,18,19). The molecule has 110 valence electrons. The first-order valence-electron chi connectivity index (χ1n) is 8.16. The van der Waals surface area contributed by atoms with Crippen molar-refractivity contribution in [1.82, 2.24) is 10.6 Å². The van der Waals surface area contributed by atoms with E-state index in [1.54, 1.807) is 0 Å². The second-order valence-electron chi connectivity index (χ2n) is 6.82. The highest BCUT2D eigenvalue weighted by Gasteiger charge is 2.36. The minimum Gasteiger partial charge on any atom is -0.353 e. The summed E-state index contributed by atoms with van der Waals surface area (Å²) in [5, 5.41) is 6.67. The smallest absolute Gasteiger partial charge is 0.227 e. The van der Waals surface area contributed by atoms with E-state index in [9.17, 15) is 4.79 Å². The highest BCUT2D eigenvalue weighted by molar-refractivity contribution is 5.82. The van der Waals surface area contributed by atoms with Crippen LogP contribution in [0.5, 0.6) is 0 Å². The molecule has 1 aliphatic carbocycles. The van der Waals surface area contributed by atoms with Crippen LogP contribution in [-0.2, 0) is 4.79 Å². The van der Waals surface area contributed by atoms with Gasteiger partial charge >= 0.3 is 0 Å². The molecule has 1 atom stereocenters. The van der Waals surface area contributed by atoms with Crippen molar-refractivity contribution in [1.29, 1.82) is 0 Å². The van der Waals surface area contributed by atoms with Crippen molar-refractivity contribution >= 4 is 5.91 Å². The molecule has 2 fully saturated rings. The summed E-state index contributed by atoms with van der Waals surface area (Å²) in [4.78, 5) is 12.4. The van der Waals surface area contributed by atoms with Crippen LogP contribution in [0.25, 0.3) is 0 Å². The zero-order valence-electron chi connectivity index (χ0n) is 12.6. The summed E-state index contributed by atoms with van der Waals surface area (Å²) in [7, 11) is 0. The van der Waals surface area contributed by atoms with Crippen LogP contribution in [0.2, 0.25) is 0 Å². The molecule has 1 heterocycles. The van der Waals surface area contributed by atoms with Crippen LogP contribution in [0.15, 0.2) is 0 Å². The van der Waals surface area contributed by atoms with Gasteiger partial charge in [0.05, 0.1) is 5.41 Å². The zero-order chi connectivity index (χ0) is 13.7. The Balaban J connectivity index is 1.77. The van der Waals surface area contributed by atoms with E-state index < -0.39 is 0 Å². The number of carbonyl (C=O) groups is 1. The van der Waals surface area contributed by atoms with E-state index >= 15 is 0 Å². The van der Waals surface area contributed by atoms with Gasteiger partial charge in [0.25, 0.3) is 0 Å². The predicted molar refractivity (Wildman–Crippen MR) is 79.0 cm³/mol. The molecule has 0 spiro atoms. The molecular weight excluding hydrogens is 236 g/mol. The fourth-order valence-corrected chi connectivity index (χ4v) is 3.61. The summed E-state index contributed by atoms with van der Waals surface area (Å²) >= 11 is 0. The van der Waals surface area contributed by atoms with Gasteiger partial charge in [0.15, 0.2) is 0 Å². The molecule has 0 aromatic rings. The molecule has 0 bridgehead atoms. The predicted octanol–water partition coefficient (Wildman–Crippen LogP) is 2.85. The number of nitrogens with one attached hydrogen (secondary N) is 2. The maximum absolute atomic E-state index is 12.4. The highest BCUT2D eigenvalue weighted by atomic mass is 16.2. The third-order valence-electron chi connectivity index (χ3n) is 5.02. The molecule has 0 radical (unpaired) electrons. The van der Waals surface area contributed by atoms with Gasteiger partial charge in [-0.2, -0.15) is 0 Å². The van der Waals surface area contributed by atoms with Crippen LogP contribution in [-0.4, -0.2) is 25.0 Å². The van der Waals surface area contributed by atoms with Crippen molar-refractivity contribution in [2.75, 3.05) is 13.1 Å². The van der Waals surface area contributed by atoms with Crippen molar-refractivity contribution in [3.05, 3.63) is 0 Å². The quantitative estimate of drug-likeness (QED) is 0.821. The summed E-state index contributed by atoms with van der Waals surface area (Å²) in [6.45, 7) is 6.27. The van der Waals surface area contributed by atoms with Crippen molar-refractivity contribution in [3.8, 4) is 0 Å². The molecule has 1 saturated heterocycles. The van der Waals surface area contributed by atoms with E-state index in [0.29, 0.717) is 6.04 Å². The average Bonchev–Trinajstić information content (AvgIpc) is 2.42. The number of piperidine rings is 1. The Labute approximate surface area is 117 Å². The van der Waals surface area contributed by atoms with Crippen LogP contribution in [0.3, 0.4) is 0 Å². The molecule has 3 heteroatoms. The number of carbonyl (C=O) groups excluding carboxylic acids is 1. The van der Waals surface area contributed by atoms with E-state index in [4.69, 9.17) is 0 Å². The summed E-state index contributed by atoms with van der Waals surface area (Å²) in [5.74, 6) is 1.18. The van der Waals surface area contributed by atoms with E-state index in [2.05, 4.69) is 24.5 Å². The number of rotatable bonds is 4. The maximum atomic E-state index is 12.4.